The molecule has 6 heteroatoms. The molecule has 6 nitrogen and oxygen atoms in total. The number of aromatic amines is 1. The van der Waals surface area contributed by atoms with E-state index < -0.39 is 0 Å². The lowest BCUT2D eigenvalue weighted by atomic mass is 10.0. The highest BCUT2D eigenvalue weighted by Crippen LogP contribution is 2.28. The van der Waals surface area contributed by atoms with Crippen LogP contribution in [-0.4, -0.2) is 43.9 Å². The van der Waals surface area contributed by atoms with E-state index in [1.165, 1.54) is 11.3 Å². The topological polar surface area (TPSA) is 66.8 Å². The normalized spacial score (nSPS) is 18.4. The number of carbonyl (C=O) groups excluding carboxylic acids is 1. The Morgan fingerprint density at radius 2 is 2.33 bits per heavy atom. The Morgan fingerprint density at radius 1 is 1.48 bits per heavy atom. The summed E-state index contributed by atoms with van der Waals surface area (Å²) in [5.41, 5.74) is 3.45. The summed E-state index contributed by atoms with van der Waals surface area (Å²) in [5, 5.41) is 11.4. The van der Waals surface area contributed by atoms with E-state index in [1.807, 2.05) is 28.8 Å². The second-order valence-corrected chi connectivity index (χ2v) is 5.74. The third-order valence-corrected chi connectivity index (χ3v) is 4.28. The summed E-state index contributed by atoms with van der Waals surface area (Å²) in [4.78, 5) is 14.3. The molecule has 1 amide bonds. The van der Waals surface area contributed by atoms with Crippen molar-refractivity contribution in [2.45, 2.75) is 39.2 Å². The first-order valence-corrected chi connectivity index (χ1v) is 7.41. The predicted octanol–water partition coefficient (Wildman–Crippen LogP) is 1.63. The predicted molar refractivity (Wildman–Crippen MR) is 78.8 cm³/mol. The third-order valence-electron chi connectivity index (χ3n) is 4.28. The van der Waals surface area contributed by atoms with Gasteiger partial charge in [-0.2, -0.15) is 10.2 Å². The average Bonchev–Trinajstić information content (AvgIpc) is 3.17. The Balaban J connectivity index is 1.55. The monoisotopic (exact) mass is 287 g/mol. The van der Waals surface area contributed by atoms with Crippen LogP contribution in [0.1, 0.15) is 35.7 Å². The molecule has 3 rings (SSSR count). The molecule has 0 spiro atoms. The van der Waals surface area contributed by atoms with Gasteiger partial charge in [0.2, 0.25) is 5.91 Å². The number of nitrogens with zero attached hydrogens (tertiary/aromatic N) is 4. The molecule has 112 valence electrons. The van der Waals surface area contributed by atoms with Gasteiger partial charge in [0, 0.05) is 49.6 Å². The fourth-order valence-corrected chi connectivity index (χ4v) is 2.98. The Hall–Kier alpha value is -2.11. The molecular weight excluding hydrogens is 266 g/mol. The first kappa shape index (κ1) is 13.9. The van der Waals surface area contributed by atoms with Crippen LogP contribution in [0.2, 0.25) is 0 Å². The molecule has 0 aromatic carbocycles. The number of H-pyrrole nitrogens is 1. The number of likely N-dealkylation sites (tertiary alicyclic amines) is 1. The maximum Gasteiger partial charge on any atom is 0.224 e. The van der Waals surface area contributed by atoms with E-state index in [4.69, 9.17) is 0 Å². The van der Waals surface area contributed by atoms with Gasteiger partial charge in [-0.25, -0.2) is 0 Å². The van der Waals surface area contributed by atoms with Gasteiger partial charge in [0.1, 0.15) is 0 Å². The van der Waals surface area contributed by atoms with Crippen molar-refractivity contribution in [3.63, 3.8) is 0 Å². The summed E-state index contributed by atoms with van der Waals surface area (Å²) in [6.07, 6.45) is 5.14. The SMILES string of the molecule is Cc1cn[nH]c1C1CCN(C(=O)CCn2nccc2C)C1. The molecule has 1 N–H and O–H groups in total. The van der Waals surface area contributed by atoms with Crippen molar-refractivity contribution in [3.05, 3.63) is 35.4 Å². The summed E-state index contributed by atoms with van der Waals surface area (Å²) in [7, 11) is 0. The fourth-order valence-electron chi connectivity index (χ4n) is 2.98. The molecule has 21 heavy (non-hydrogen) atoms. The van der Waals surface area contributed by atoms with E-state index >= 15 is 0 Å². The van der Waals surface area contributed by atoms with Gasteiger partial charge in [-0.1, -0.05) is 0 Å². The van der Waals surface area contributed by atoms with E-state index in [0.29, 0.717) is 18.9 Å². The lowest BCUT2D eigenvalue weighted by Crippen LogP contribution is -2.29. The maximum atomic E-state index is 12.3. The Morgan fingerprint density at radius 3 is 3.00 bits per heavy atom. The van der Waals surface area contributed by atoms with Crippen molar-refractivity contribution in [3.8, 4) is 0 Å². The van der Waals surface area contributed by atoms with Gasteiger partial charge in [-0.3, -0.25) is 14.6 Å². The molecule has 0 aliphatic carbocycles. The molecule has 1 aliphatic heterocycles. The number of carbonyl (C=O) groups is 1. The second-order valence-electron chi connectivity index (χ2n) is 5.74. The highest BCUT2D eigenvalue weighted by Gasteiger charge is 2.28. The first-order chi connectivity index (χ1) is 10.1. The van der Waals surface area contributed by atoms with Gasteiger partial charge in [-0.05, 0) is 31.9 Å². The van der Waals surface area contributed by atoms with Gasteiger partial charge in [0.05, 0.1) is 6.20 Å². The standard InChI is InChI=1S/C15H21N5O/c1-11-9-16-18-15(11)13-4-7-19(10-13)14(21)5-8-20-12(2)3-6-17-20/h3,6,9,13H,4-5,7-8,10H2,1-2H3,(H,16,18). The molecule has 1 unspecified atom stereocenters. The van der Waals surface area contributed by atoms with Gasteiger partial charge in [-0.15, -0.1) is 0 Å². The highest BCUT2D eigenvalue weighted by atomic mass is 16.2. The average molecular weight is 287 g/mol. The number of amides is 1. The van der Waals surface area contributed by atoms with Gasteiger partial charge in [0.15, 0.2) is 0 Å². The van der Waals surface area contributed by atoms with E-state index in [9.17, 15) is 4.79 Å². The molecule has 3 heterocycles. The van der Waals surface area contributed by atoms with Gasteiger partial charge >= 0.3 is 0 Å². The number of rotatable bonds is 4. The van der Waals surface area contributed by atoms with Crippen molar-refractivity contribution in [2.75, 3.05) is 13.1 Å². The lowest BCUT2D eigenvalue weighted by Gasteiger charge is -2.16. The number of aromatic nitrogens is 4. The van der Waals surface area contributed by atoms with E-state index in [0.717, 1.165) is 25.2 Å². The summed E-state index contributed by atoms with van der Waals surface area (Å²) < 4.78 is 1.88. The smallest absolute Gasteiger partial charge is 0.224 e. The van der Waals surface area contributed by atoms with E-state index in [-0.39, 0.29) is 5.91 Å². The molecule has 0 bridgehead atoms. The lowest BCUT2D eigenvalue weighted by molar-refractivity contribution is -0.130. The van der Waals surface area contributed by atoms with Crippen LogP contribution in [0.25, 0.3) is 0 Å². The Kier molecular flexibility index (Phi) is 3.77. The Labute approximate surface area is 124 Å². The quantitative estimate of drug-likeness (QED) is 0.929. The minimum atomic E-state index is 0.213. The van der Waals surface area contributed by atoms with Gasteiger partial charge < -0.3 is 4.90 Å². The van der Waals surface area contributed by atoms with E-state index in [1.54, 1.807) is 6.20 Å². The van der Waals surface area contributed by atoms with Crippen molar-refractivity contribution in [1.82, 2.24) is 24.9 Å². The van der Waals surface area contributed by atoms with Crippen LogP contribution in [0.15, 0.2) is 18.5 Å². The first-order valence-electron chi connectivity index (χ1n) is 7.41. The van der Waals surface area contributed by atoms with Crippen LogP contribution in [0.3, 0.4) is 0 Å². The molecule has 2 aromatic heterocycles. The molecule has 1 saturated heterocycles. The maximum absolute atomic E-state index is 12.3. The minimum Gasteiger partial charge on any atom is -0.342 e. The van der Waals surface area contributed by atoms with Crippen LogP contribution in [-0.2, 0) is 11.3 Å². The minimum absolute atomic E-state index is 0.213. The molecular formula is C15H21N5O. The van der Waals surface area contributed by atoms with Crippen molar-refractivity contribution < 1.29 is 4.79 Å². The van der Waals surface area contributed by atoms with E-state index in [2.05, 4.69) is 22.2 Å². The third kappa shape index (κ3) is 2.84. The van der Waals surface area contributed by atoms with Crippen molar-refractivity contribution in [1.29, 1.82) is 0 Å². The molecule has 0 saturated carbocycles. The zero-order chi connectivity index (χ0) is 14.8. The molecule has 1 fully saturated rings. The molecule has 1 aliphatic rings. The highest BCUT2D eigenvalue weighted by molar-refractivity contribution is 5.76. The number of aryl methyl sites for hydroxylation is 3. The summed E-state index contributed by atoms with van der Waals surface area (Å²) in [6, 6.07) is 1.96. The number of hydrogen-bond donors (Lipinski definition) is 1. The summed E-state index contributed by atoms with van der Waals surface area (Å²) >= 11 is 0. The van der Waals surface area contributed by atoms with Crippen LogP contribution >= 0.6 is 0 Å². The fraction of sp³-hybridized carbons (Fsp3) is 0.533. The number of nitrogens with one attached hydrogen (secondary N) is 1. The summed E-state index contributed by atoms with van der Waals surface area (Å²) in [5.74, 6) is 0.604. The van der Waals surface area contributed by atoms with Crippen molar-refractivity contribution >= 4 is 5.91 Å². The van der Waals surface area contributed by atoms with Crippen LogP contribution in [0, 0.1) is 13.8 Å². The molecule has 2 aromatic rings. The van der Waals surface area contributed by atoms with Crippen LogP contribution in [0.4, 0.5) is 0 Å². The molecule has 0 radical (unpaired) electrons. The van der Waals surface area contributed by atoms with Crippen LogP contribution < -0.4 is 0 Å². The second kappa shape index (κ2) is 5.71. The largest absolute Gasteiger partial charge is 0.342 e. The zero-order valence-corrected chi connectivity index (χ0v) is 12.5. The van der Waals surface area contributed by atoms with Crippen LogP contribution in [0.5, 0.6) is 0 Å². The van der Waals surface area contributed by atoms with Crippen molar-refractivity contribution in [2.24, 2.45) is 0 Å². The summed E-state index contributed by atoms with van der Waals surface area (Å²) in [6.45, 7) is 6.34. The zero-order valence-electron chi connectivity index (χ0n) is 12.5. The Bertz CT molecular complexity index is 630. The molecule has 1 atom stereocenters. The number of hydrogen-bond acceptors (Lipinski definition) is 3. The van der Waals surface area contributed by atoms with Gasteiger partial charge in [0.25, 0.3) is 0 Å².